The molecule has 30 heavy (non-hydrogen) atoms. The average molecular weight is 403 g/mol. The molecule has 1 aliphatic rings. The smallest absolute Gasteiger partial charge is 0.223 e. The van der Waals surface area contributed by atoms with Gasteiger partial charge in [0.2, 0.25) is 5.95 Å². The van der Waals surface area contributed by atoms with Gasteiger partial charge in [-0.15, -0.1) is 0 Å². The minimum absolute atomic E-state index is 0.224. The van der Waals surface area contributed by atoms with E-state index in [0.717, 1.165) is 36.8 Å². The number of rotatable bonds is 4. The van der Waals surface area contributed by atoms with E-state index in [0.29, 0.717) is 17.3 Å². The van der Waals surface area contributed by atoms with Gasteiger partial charge in [-0.2, -0.15) is 0 Å². The van der Waals surface area contributed by atoms with Crippen molar-refractivity contribution in [2.75, 3.05) is 5.32 Å². The molecule has 0 atom stereocenters. The molecule has 152 valence electrons. The van der Waals surface area contributed by atoms with Crippen molar-refractivity contribution in [2.24, 2.45) is 5.73 Å². The number of anilines is 1. The number of hydrogen-bond donors (Lipinski definition) is 2. The number of imidazole rings is 1. The Labute approximate surface area is 173 Å². The van der Waals surface area contributed by atoms with E-state index in [4.69, 9.17) is 5.73 Å². The van der Waals surface area contributed by atoms with E-state index in [-0.39, 0.29) is 17.8 Å². The maximum absolute atomic E-state index is 14.6. The molecule has 1 saturated carbocycles. The van der Waals surface area contributed by atoms with Crippen molar-refractivity contribution in [1.82, 2.24) is 24.3 Å². The highest BCUT2D eigenvalue weighted by molar-refractivity contribution is 5.69. The lowest BCUT2D eigenvalue weighted by molar-refractivity contribution is 0.409. The van der Waals surface area contributed by atoms with E-state index in [2.05, 4.69) is 25.3 Å². The van der Waals surface area contributed by atoms with Gasteiger partial charge in [0.15, 0.2) is 5.82 Å². The Morgan fingerprint density at radius 2 is 1.90 bits per heavy atom. The largest absolute Gasteiger partial charge is 0.351 e. The van der Waals surface area contributed by atoms with Crippen molar-refractivity contribution in [1.29, 1.82) is 0 Å². The van der Waals surface area contributed by atoms with Crippen LogP contribution < -0.4 is 11.1 Å². The van der Waals surface area contributed by atoms with Gasteiger partial charge < -0.3 is 11.1 Å². The summed E-state index contributed by atoms with van der Waals surface area (Å²) < 4.78 is 16.4. The second-order valence-electron chi connectivity index (χ2n) is 7.67. The van der Waals surface area contributed by atoms with Crippen LogP contribution in [0.25, 0.3) is 28.2 Å². The molecule has 1 fully saturated rings. The highest BCUT2D eigenvalue weighted by atomic mass is 19.1. The van der Waals surface area contributed by atoms with Gasteiger partial charge >= 0.3 is 0 Å². The van der Waals surface area contributed by atoms with Crippen LogP contribution in [0.1, 0.15) is 25.7 Å². The molecule has 0 bridgehead atoms. The highest BCUT2D eigenvalue weighted by Gasteiger charge is 2.20. The molecule has 3 N–H and O–H groups in total. The normalized spacial score (nSPS) is 19.1. The Hall–Kier alpha value is -3.39. The second kappa shape index (κ2) is 7.79. The molecule has 0 aliphatic heterocycles. The van der Waals surface area contributed by atoms with Gasteiger partial charge in [0.1, 0.15) is 11.3 Å². The van der Waals surface area contributed by atoms with Crippen LogP contribution >= 0.6 is 0 Å². The Morgan fingerprint density at radius 3 is 2.70 bits per heavy atom. The lowest BCUT2D eigenvalue weighted by atomic mass is 9.92. The van der Waals surface area contributed by atoms with Crippen LogP contribution in [0.3, 0.4) is 0 Å². The third-order valence-electron chi connectivity index (χ3n) is 5.60. The number of hydrogen-bond acceptors (Lipinski definition) is 6. The van der Waals surface area contributed by atoms with Crippen LogP contribution in [0.15, 0.2) is 55.2 Å². The van der Waals surface area contributed by atoms with Crippen LogP contribution in [0, 0.1) is 5.82 Å². The zero-order valence-electron chi connectivity index (χ0n) is 16.4. The van der Waals surface area contributed by atoms with Crippen LogP contribution in [0.4, 0.5) is 10.3 Å². The number of pyridine rings is 2. The number of aromatic nitrogens is 5. The molecule has 0 saturated heterocycles. The minimum atomic E-state index is -0.482. The van der Waals surface area contributed by atoms with Crippen LogP contribution in [-0.2, 0) is 0 Å². The van der Waals surface area contributed by atoms with Crippen molar-refractivity contribution < 1.29 is 4.39 Å². The molecule has 5 rings (SSSR count). The summed E-state index contributed by atoms with van der Waals surface area (Å²) in [5.41, 5.74) is 9.48. The van der Waals surface area contributed by atoms with Crippen LogP contribution in [0.2, 0.25) is 0 Å². The van der Waals surface area contributed by atoms with E-state index in [1.807, 2.05) is 34.9 Å². The Kier molecular flexibility index (Phi) is 4.84. The Balaban J connectivity index is 1.46. The zero-order chi connectivity index (χ0) is 20.5. The first-order valence-electron chi connectivity index (χ1n) is 10.1. The first-order valence-corrected chi connectivity index (χ1v) is 10.1. The van der Waals surface area contributed by atoms with Gasteiger partial charge in [0.05, 0.1) is 18.1 Å². The molecule has 0 unspecified atom stereocenters. The fourth-order valence-corrected chi connectivity index (χ4v) is 3.93. The summed E-state index contributed by atoms with van der Waals surface area (Å²) in [6.07, 6.45) is 12.1. The topological polar surface area (TPSA) is 94.0 Å². The van der Waals surface area contributed by atoms with E-state index >= 15 is 0 Å². The van der Waals surface area contributed by atoms with Gasteiger partial charge in [-0.1, -0.05) is 6.07 Å². The fourth-order valence-electron chi connectivity index (χ4n) is 3.93. The fraction of sp³-hybridized carbons (Fsp3) is 0.273. The third-order valence-corrected chi connectivity index (χ3v) is 5.60. The predicted octanol–water partition coefficient (Wildman–Crippen LogP) is 3.67. The summed E-state index contributed by atoms with van der Waals surface area (Å²) in [7, 11) is 0. The number of nitrogens with one attached hydrogen (secondary N) is 1. The molecule has 1 aliphatic carbocycles. The molecule has 7 nitrogen and oxygen atoms in total. The van der Waals surface area contributed by atoms with E-state index in [1.165, 1.54) is 6.20 Å². The summed E-state index contributed by atoms with van der Waals surface area (Å²) >= 11 is 0. The van der Waals surface area contributed by atoms with Crippen molar-refractivity contribution >= 4 is 11.6 Å². The Morgan fingerprint density at radius 1 is 1.03 bits per heavy atom. The Bertz CT molecular complexity index is 1170. The van der Waals surface area contributed by atoms with Gasteiger partial charge in [-0.3, -0.25) is 9.38 Å². The van der Waals surface area contributed by atoms with Crippen LogP contribution in [-0.4, -0.2) is 36.4 Å². The molecule has 0 spiro atoms. The van der Waals surface area contributed by atoms with Gasteiger partial charge in [0, 0.05) is 36.2 Å². The molecular weight excluding hydrogens is 381 g/mol. The van der Waals surface area contributed by atoms with Crippen molar-refractivity contribution in [2.45, 2.75) is 37.8 Å². The molecule has 0 aromatic carbocycles. The predicted molar refractivity (Wildman–Crippen MR) is 113 cm³/mol. The lowest BCUT2D eigenvalue weighted by Crippen LogP contribution is -2.33. The monoisotopic (exact) mass is 403 g/mol. The van der Waals surface area contributed by atoms with E-state index < -0.39 is 5.82 Å². The quantitative estimate of drug-likeness (QED) is 0.540. The summed E-state index contributed by atoms with van der Waals surface area (Å²) in [4.78, 5) is 17.2. The summed E-state index contributed by atoms with van der Waals surface area (Å²) in [5, 5.41) is 3.33. The molecule has 4 heterocycles. The molecular formula is C22H22FN7. The van der Waals surface area contributed by atoms with Gasteiger partial charge in [-0.05, 0) is 49.4 Å². The average Bonchev–Trinajstić information content (AvgIpc) is 3.20. The molecule has 0 radical (unpaired) electrons. The maximum Gasteiger partial charge on any atom is 0.223 e. The molecule has 0 amide bonds. The maximum atomic E-state index is 14.6. The summed E-state index contributed by atoms with van der Waals surface area (Å²) in [6, 6.07) is 8.31. The van der Waals surface area contributed by atoms with Crippen LogP contribution in [0.5, 0.6) is 0 Å². The van der Waals surface area contributed by atoms with Crippen molar-refractivity contribution in [3.05, 3.63) is 61.1 Å². The van der Waals surface area contributed by atoms with Gasteiger partial charge in [-0.25, -0.2) is 19.3 Å². The molecule has 8 heteroatoms. The SMILES string of the molecule is N[C@H]1CC[C@H](Nc2ncc(F)c(-c3cnc4cc(-c5cccnc5)ccn34)n2)CC1. The lowest BCUT2D eigenvalue weighted by Gasteiger charge is -2.26. The first kappa shape index (κ1) is 18.6. The number of nitrogens with zero attached hydrogens (tertiary/aromatic N) is 5. The number of halogens is 1. The highest BCUT2D eigenvalue weighted by Crippen LogP contribution is 2.26. The first-order chi connectivity index (χ1) is 14.7. The van der Waals surface area contributed by atoms with E-state index in [9.17, 15) is 4.39 Å². The zero-order valence-corrected chi connectivity index (χ0v) is 16.4. The summed E-state index contributed by atoms with van der Waals surface area (Å²) in [5.74, 6) is -0.0573. The van der Waals surface area contributed by atoms with Crippen molar-refractivity contribution in [3.8, 4) is 22.5 Å². The number of fused-ring (bicyclic) bond motifs is 1. The summed E-state index contributed by atoms with van der Waals surface area (Å²) in [6.45, 7) is 0. The second-order valence-corrected chi connectivity index (χ2v) is 7.67. The standard InChI is InChI=1S/C22H22FN7/c23-18-12-27-22(28-17-5-3-16(24)4-6-17)29-21(18)19-13-26-20-10-14(7-9-30(19)20)15-2-1-8-25-11-15/h1-2,7-13,16-17H,3-6,24H2,(H,27,28,29)/t16-,17-. The van der Waals surface area contributed by atoms with E-state index in [1.54, 1.807) is 18.6 Å². The molecule has 4 aromatic rings. The van der Waals surface area contributed by atoms with Gasteiger partial charge in [0.25, 0.3) is 0 Å². The van der Waals surface area contributed by atoms with Crippen molar-refractivity contribution in [3.63, 3.8) is 0 Å². The third kappa shape index (κ3) is 3.61. The molecule has 4 aromatic heterocycles. The number of nitrogens with two attached hydrogens (primary N) is 1. The minimum Gasteiger partial charge on any atom is -0.351 e.